The number of ether oxygens (including phenoxy) is 1. The number of unbranched alkanes of at least 4 members (excludes halogenated alkanes) is 1. The number of nitrogens with zero attached hydrogens (tertiary/aromatic N) is 1. The highest BCUT2D eigenvalue weighted by molar-refractivity contribution is 6.38. The Balaban J connectivity index is 2.32. The zero-order valence-corrected chi connectivity index (χ0v) is 29.7. The number of piperidine rings is 1. The van der Waals surface area contributed by atoms with Crippen molar-refractivity contribution in [3.8, 4) is 0 Å². The topological polar surface area (TPSA) is 163 Å². The number of rotatable bonds is 14. The van der Waals surface area contributed by atoms with E-state index in [0.29, 0.717) is 13.0 Å². The molecular formula is C34H57N5O7. The third-order valence-electron chi connectivity index (χ3n) is 8.87. The van der Waals surface area contributed by atoms with Crippen molar-refractivity contribution in [3.63, 3.8) is 0 Å². The van der Waals surface area contributed by atoms with Gasteiger partial charge >= 0.3 is 12.0 Å². The molecule has 1 saturated carbocycles. The van der Waals surface area contributed by atoms with Gasteiger partial charge in [-0.05, 0) is 55.8 Å². The lowest BCUT2D eigenvalue weighted by atomic mass is 9.85. The summed E-state index contributed by atoms with van der Waals surface area (Å²) in [6, 6.07) is -4.63. The van der Waals surface area contributed by atoms with Gasteiger partial charge in [-0.2, -0.15) is 0 Å². The van der Waals surface area contributed by atoms with E-state index >= 15 is 0 Å². The number of fused-ring (bicyclic) bond motifs is 1. The number of carbonyl (C=O) groups excluding carboxylic acids is 6. The average Bonchev–Trinajstić information content (AvgIpc) is 3.25. The highest BCUT2D eigenvalue weighted by Crippen LogP contribution is 2.65. The molecule has 0 radical (unpaired) electrons. The van der Waals surface area contributed by atoms with E-state index in [1.165, 1.54) is 11.0 Å². The van der Waals surface area contributed by atoms with E-state index in [2.05, 4.69) is 27.8 Å². The van der Waals surface area contributed by atoms with Gasteiger partial charge in [0.05, 0.1) is 6.04 Å². The Morgan fingerprint density at radius 3 is 2.11 bits per heavy atom. The molecule has 1 heterocycles. The van der Waals surface area contributed by atoms with Gasteiger partial charge in [-0.15, -0.1) is 6.58 Å². The molecule has 12 heteroatoms. The molecule has 6 atom stereocenters. The molecule has 5 amide bonds. The van der Waals surface area contributed by atoms with Gasteiger partial charge in [0, 0.05) is 13.1 Å². The maximum atomic E-state index is 14.3. The second-order valence-corrected chi connectivity index (χ2v) is 15.6. The first-order valence-electron chi connectivity index (χ1n) is 16.4. The fourth-order valence-corrected chi connectivity index (χ4v) is 6.15. The summed E-state index contributed by atoms with van der Waals surface area (Å²) >= 11 is 0. The van der Waals surface area contributed by atoms with Crippen LogP contribution in [0.1, 0.15) is 95.4 Å². The molecular weight excluding hydrogens is 590 g/mol. The summed E-state index contributed by atoms with van der Waals surface area (Å²) in [5.41, 5.74) is -1.72. The van der Waals surface area contributed by atoms with Crippen molar-refractivity contribution in [1.82, 2.24) is 26.2 Å². The minimum absolute atomic E-state index is 0.0554. The molecule has 1 aliphatic heterocycles. The largest absolute Gasteiger partial charge is 0.458 e. The number of likely N-dealkylation sites (tertiary alicyclic amines) is 1. The smallest absolute Gasteiger partial charge is 0.329 e. The molecule has 2 fully saturated rings. The van der Waals surface area contributed by atoms with E-state index in [9.17, 15) is 28.8 Å². The predicted octanol–water partition coefficient (Wildman–Crippen LogP) is 3.10. The molecule has 4 N–H and O–H groups in total. The van der Waals surface area contributed by atoms with Crippen molar-refractivity contribution in [3.05, 3.63) is 12.7 Å². The van der Waals surface area contributed by atoms with E-state index < -0.39 is 70.7 Å². The third-order valence-corrected chi connectivity index (χ3v) is 8.87. The lowest BCUT2D eigenvalue weighted by Crippen LogP contribution is -2.62. The molecule has 12 nitrogen and oxygen atoms in total. The summed E-state index contributed by atoms with van der Waals surface area (Å²) in [7, 11) is 0. The number of Topliss-reactive ketones (excluding diaryl/α,β-unsaturated/α-hetero) is 1. The van der Waals surface area contributed by atoms with Crippen LogP contribution in [-0.4, -0.2) is 83.3 Å². The number of nitrogens with one attached hydrogen (secondary N) is 4. The first-order valence-corrected chi connectivity index (χ1v) is 16.4. The van der Waals surface area contributed by atoms with Crippen molar-refractivity contribution in [1.29, 1.82) is 0 Å². The Bertz CT molecular complexity index is 1180. The third kappa shape index (κ3) is 9.54. The van der Waals surface area contributed by atoms with Gasteiger partial charge < -0.3 is 30.9 Å². The molecule has 46 heavy (non-hydrogen) atoms. The van der Waals surface area contributed by atoms with Gasteiger partial charge in [-0.3, -0.25) is 19.2 Å². The van der Waals surface area contributed by atoms with Crippen molar-refractivity contribution in [2.75, 3.05) is 13.1 Å². The van der Waals surface area contributed by atoms with Crippen LogP contribution in [0.15, 0.2) is 12.7 Å². The van der Waals surface area contributed by atoms with Crippen LogP contribution in [0.2, 0.25) is 0 Å². The van der Waals surface area contributed by atoms with E-state index in [0.717, 1.165) is 6.42 Å². The summed E-state index contributed by atoms with van der Waals surface area (Å²) in [5, 5.41) is 10.7. The Labute approximate surface area is 274 Å². The van der Waals surface area contributed by atoms with E-state index in [-0.39, 0.29) is 36.1 Å². The van der Waals surface area contributed by atoms with E-state index in [4.69, 9.17) is 4.74 Å². The van der Waals surface area contributed by atoms with Crippen LogP contribution < -0.4 is 21.3 Å². The van der Waals surface area contributed by atoms with Gasteiger partial charge in [0.1, 0.15) is 23.7 Å². The van der Waals surface area contributed by atoms with Crippen LogP contribution in [-0.2, 0) is 28.7 Å². The Hall–Kier alpha value is -3.44. The minimum Gasteiger partial charge on any atom is -0.458 e. The molecule has 0 bridgehead atoms. The van der Waals surface area contributed by atoms with Crippen LogP contribution in [0.3, 0.4) is 0 Å². The van der Waals surface area contributed by atoms with Crippen LogP contribution >= 0.6 is 0 Å². The van der Waals surface area contributed by atoms with E-state index in [1.807, 2.05) is 20.8 Å². The quantitative estimate of drug-likeness (QED) is 0.128. The van der Waals surface area contributed by atoms with Crippen molar-refractivity contribution in [2.24, 2.45) is 28.6 Å². The number of ketones is 1. The molecule has 2 aliphatic rings. The Kier molecular flexibility index (Phi) is 12.6. The highest BCUT2D eigenvalue weighted by Gasteiger charge is 2.70. The summed E-state index contributed by atoms with van der Waals surface area (Å²) in [4.78, 5) is 81.4. The first-order chi connectivity index (χ1) is 21.1. The molecule has 0 aromatic carbocycles. The SMILES string of the molecule is C=CCNC(=O)C(=O)C(CCCC)NC(=O)[C@@H]1[C@@H]2[C@H](CN1C(=O)[C@@H](NC(=O)N[C@H](C(=O)OC(C)(C)C)C(C)C)C(C)(C)C)C2(C)C. The van der Waals surface area contributed by atoms with Crippen molar-refractivity contribution >= 4 is 35.5 Å². The zero-order chi connectivity index (χ0) is 35.4. The zero-order valence-electron chi connectivity index (χ0n) is 29.7. The normalized spacial score (nSPS) is 22.1. The Morgan fingerprint density at radius 2 is 1.61 bits per heavy atom. The van der Waals surface area contributed by atoms with Crippen molar-refractivity contribution in [2.45, 2.75) is 125 Å². The highest BCUT2D eigenvalue weighted by atomic mass is 16.6. The number of esters is 1. The average molecular weight is 648 g/mol. The number of amides is 5. The molecule has 1 aliphatic carbocycles. The second kappa shape index (κ2) is 15.0. The summed E-state index contributed by atoms with van der Waals surface area (Å²) in [5.74, 6) is -3.46. The minimum atomic E-state index is -1.04. The van der Waals surface area contributed by atoms with Gasteiger partial charge in [0.15, 0.2) is 0 Å². The van der Waals surface area contributed by atoms with Crippen LogP contribution in [0, 0.1) is 28.6 Å². The monoisotopic (exact) mass is 647 g/mol. The lowest BCUT2D eigenvalue weighted by molar-refractivity contribution is -0.158. The molecule has 0 aromatic rings. The molecule has 1 saturated heterocycles. The molecule has 1 unspecified atom stereocenters. The van der Waals surface area contributed by atoms with Crippen LogP contribution in [0.5, 0.6) is 0 Å². The summed E-state index contributed by atoms with van der Waals surface area (Å²) in [6.45, 7) is 24.2. The first kappa shape index (κ1) is 38.7. The molecule has 2 rings (SSSR count). The van der Waals surface area contributed by atoms with Gasteiger partial charge in [-0.25, -0.2) is 9.59 Å². The lowest BCUT2D eigenvalue weighted by Gasteiger charge is -2.38. The van der Waals surface area contributed by atoms with Crippen LogP contribution in [0.25, 0.3) is 0 Å². The number of carbonyl (C=O) groups is 6. The van der Waals surface area contributed by atoms with Crippen LogP contribution in [0.4, 0.5) is 4.79 Å². The number of urea groups is 1. The molecule has 0 spiro atoms. The maximum Gasteiger partial charge on any atom is 0.329 e. The summed E-state index contributed by atoms with van der Waals surface area (Å²) < 4.78 is 5.49. The van der Waals surface area contributed by atoms with Crippen molar-refractivity contribution < 1.29 is 33.5 Å². The number of hydrogen-bond donors (Lipinski definition) is 4. The maximum absolute atomic E-state index is 14.3. The van der Waals surface area contributed by atoms with Gasteiger partial charge in [-0.1, -0.05) is 74.3 Å². The Morgan fingerprint density at radius 1 is 1.00 bits per heavy atom. The number of hydrogen-bond acceptors (Lipinski definition) is 7. The molecule has 0 aromatic heterocycles. The second-order valence-electron chi connectivity index (χ2n) is 15.6. The predicted molar refractivity (Wildman–Crippen MR) is 175 cm³/mol. The molecule has 260 valence electrons. The summed E-state index contributed by atoms with van der Waals surface area (Å²) in [6.07, 6.45) is 3.11. The van der Waals surface area contributed by atoms with Gasteiger partial charge in [0.2, 0.25) is 17.6 Å². The fraction of sp³-hybridized carbons (Fsp3) is 0.765. The van der Waals surface area contributed by atoms with E-state index in [1.54, 1.807) is 55.4 Å². The standard InChI is InChI=1S/C34H57N5O7/c1-13-15-16-21(25(40)28(42)35-17-14-2)36-27(41)24-22-20(34(22,11)12)18-39(24)29(43)26(32(5,6)7)38-31(45)37-23(19(3)4)30(44)46-33(8,9)10/h14,19-24,26H,2,13,15-18H2,1,3-12H3,(H,35,42)(H,36,41)(H2,37,38,45)/t20-,21?,22-,23-,24-,26+/m0/s1. The van der Waals surface area contributed by atoms with Gasteiger partial charge in [0.25, 0.3) is 5.91 Å². The fourth-order valence-electron chi connectivity index (χ4n) is 6.15.